The first-order valence-corrected chi connectivity index (χ1v) is 8.02. The van der Waals surface area contributed by atoms with Crippen molar-refractivity contribution in [1.29, 1.82) is 0 Å². The van der Waals surface area contributed by atoms with Crippen LogP contribution < -0.4 is 15.5 Å². The molecule has 2 unspecified atom stereocenters. The molecule has 2 saturated heterocycles. The minimum absolute atomic E-state index is 0.137. The Bertz CT molecular complexity index is 472. The van der Waals surface area contributed by atoms with Gasteiger partial charge in [0, 0.05) is 31.2 Å². The molecular formula is C17H25N3O. The van der Waals surface area contributed by atoms with Gasteiger partial charge in [0.2, 0.25) is 5.91 Å². The van der Waals surface area contributed by atoms with Crippen molar-refractivity contribution in [2.75, 3.05) is 37.6 Å². The molecule has 0 aromatic heterocycles. The van der Waals surface area contributed by atoms with E-state index in [0.29, 0.717) is 11.8 Å². The minimum atomic E-state index is 0.137. The first-order valence-electron chi connectivity index (χ1n) is 8.02. The summed E-state index contributed by atoms with van der Waals surface area (Å²) in [6.07, 6.45) is 1.16. The van der Waals surface area contributed by atoms with Gasteiger partial charge in [-0.25, -0.2) is 0 Å². The molecule has 2 aliphatic rings. The normalized spacial score (nSPS) is 23.7. The molecule has 2 heterocycles. The second-order valence-electron chi connectivity index (χ2n) is 6.39. The van der Waals surface area contributed by atoms with Gasteiger partial charge in [0.1, 0.15) is 0 Å². The van der Waals surface area contributed by atoms with Crippen molar-refractivity contribution in [3.63, 3.8) is 0 Å². The van der Waals surface area contributed by atoms with Crippen LogP contribution in [0.25, 0.3) is 0 Å². The molecule has 0 radical (unpaired) electrons. The van der Waals surface area contributed by atoms with Crippen LogP contribution >= 0.6 is 0 Å². The van der Waals surface area contributed by atoms with Crippen molar-refractivity contribution in [3.8, 4) is 0 Å². The topological polar surface area (TPSA) is 44.4 Å². The van der Waals surface area contributed by atoms with Crippen molar-refractivity contribution in [2.45, 2.75) is 13.3 Å². The Morgan fingerprint density at radius 1 is 1.38 bits per heavy atom. The lowest BCUT2D eigenvalue weighted by atomic mass is 9.88. The number of rotatable bonds is 5. The molecule has 4 heteroatoms. The fraction of sp³-hybridized carbons (Fsp3) is 0.588. The van der Waals surface area contributed by atoms with Crippen LogP contribution in [0, 0.1) is 17.8 Å². The summed E-state index contributed by atoms with van der Waals surface area (Å²) in [6, 6.07) is 10.5. The van der Waals surface area contributed by atoms with E-state index in [1.54, 1.807) is 0 Å². The smallest absolute Gasteiger partial charge is 0.223 e. The van der Waals surface area contributed by atoms with E-state index in [-0.39, 0.29) is 11.8 Å². The number of nitrogens with zero attached hydrogens (tertiary/aromatic N) is 1. The molecule has 0 aliphatic carbocycles. The van der Waals surface area contributed by atoms with E-state index in [0.717, 1.165) is 39.1 Å². The summed E-state index contributed by atoms with van der Waals surface area (Å²) >= 11 is 0. The third kappa shape index (κ3) is 3.38. The van der Waals surface area contributed by atoms with Crippen LogP contribution in [0.1, 0.15) is 13.3 Å². The van der Waals surface area contributed by atoms with Gasteiger partial charge in [-0.05, 0) is 43.5 Å². The van der Waals surface area contributed by atoms with Crippen molar-refractivity contribution in [3.05, 3.63) is 30.3 Å². The molecule has 114 valence electrons. The molecule has 21 heavy (non-hydrogen) atoms. The molecule has 2 atom stereocenters. The first-order chi connectivity index (χ1) is 10.2. The highest BCUT2D eigenvalue weighted by molar-refractivity contribution is 5.78. The molecule has 2 N–H and O–H groups in total. The third-order valence-corrected chi connectivity index (χ3v) is 4.91. The number of nitrogens with one attached hydrogen (secondary N) is 2. The molecule has 0 bridgehead atoms. The quantitative estimate of drug-likeness (QED) is 0.862. The molecule has 2 fully saturated rings. The number of para-hydroxylation sites is 1. The van der Waals surface area contributed by atoms with Gasteiger partial charge >= 0.3 is 0 Å². The van der Waals surface area contributed by atoms with Crippen LogP contribution in [0.15, 0.2) is 30.3 Å². The Labute approximate surface area is 126 Å². The fourth-order valence-electron chi connectivity index (χ4n) is 3.16. The van der Waals surface area contributed by atoms with Crippen LogP contribution in [-0.2, 0) is 4.79 Å². The summed E-state index contributed by atoms with van der Waals surface area (Å²) in [4.78, 5) is 14.5. The highest BCUT2D eigenvalue weighted by atomic mass is 16.1. The summed E-state index contributed by atoms with van der Waals surface area (Å²) in [5, 5.41) is 6.38. The monoisotopic (exact) mass is 287 g/mol. The Balaban J connectivity index is 1.43. The van der Waals surface area contributed by atoms with Gasteiger partial charge in [0.05, 0.1) is 0 Å². The maximum Gasteiger partial charge on any atom is 0.223 e. The van der Waals surface area contributed by atoms with Gasteiger partial charge in [-0.15, -0.1) is 0 Å². The number of hydrogen-bond donors (Lipinski definition) is 2. The van der Waals surface area contributed by atoms with Gasteiger partial charge in [0.25, 0.3) is 0 Å². The van der Waals surface area contributed by atoms with Crippen LogP contribution in [0.5, 0.6) is 0 Å². The molecule has 1 amide bonds. The largest absolute Gasteiger partial charge is 0.371 e. The SMILES string of the molecule is CC(C(=O)NCC1CCN(c2ccccc2)C1)C1CNC1. The highest BCUT2D eigenvalue weighted by Crippen LogP contribution is 2.23. The van der Waals surface area contributed by atoms with Gasteiger partial charge in [-0.3, -0.25) is 4.79 Å². The Hall–Kier alpha value is -1.55. The van der Waals surface area contributed by atoms with Crippen molar-refractivity contribution < 1.29 is 4.79 Å². The van der Waals surface area contributed by atoms with Crippen molar-refractivity contribution in [2.24, 2.45) is 17.8 Å². The molecular weight excluding hydrogens is 262 g/mol. The summed E-state index contributed by atoms with van der Waals surface area (Å²) in [5.74, 6) is 1.45. The van der Waals surface area contributed by atoms with Crippen LogP contribution in [0.2, 0.25) is 0 Å². The Kier molecular flexibility index (Phi) is 4.44. The van der Waals surface area contributed by atoms with Crippen LogP contribution in [0.3, 0.4) is 0 Å². The van der Waals surface area contributed by atoms with Crippen LogP contribution in [-0.4, -0.2) is 38.6 Å². The molecule has 0 spiro atoms. The number of hydrogen-bond acceptors (Lipinski definition) is 3. The summed E-state index contributed by atoms with van der Waals surface area (Å²) in [7, 11) is 0. The zero-order valence-electron chi connectivity index (χ0n) is 12.7. The second-order valence-corrected chi connectivity index (χ2v) is 6.39. The summed E-state index contributed by atoms with van der Waals surface area (Å²) in [6.45, 7) is 6.97. The Morgan fingerprint density at radius 3 is 2.81 bits per heavy atom. The average molecular weight is 287 g/mol. The molecule has 1 aromatic carbocycles. The van der Waals surface area contributed by atoms with Crippen molar-refractivity contribution in [1.82, 2.24) is 10.6 Å². The lowest BCUT2D eigenvalue weighted by Gasteiger charge is -2.32. The summed E-state index contributed by atoms with van der Waals surface area (Å²) in [5.41, 5.74) is 1.29. The zero-order chi connectivity index (χ0) is 14.7. The predicted octanol–water partition coefficient (Wildman–Crippen LogP) is 1.48. The average Bonchev–Trinajstić information content (AvgIpc) is 2.92. The number of amides is 1. The van der Waals surface area contributed by atoms with E-state index in [4.69, 9.17) is 0 Å². The number of carbonyl (C=O) groups excluding carboxylic acids is 1. The van der Waals surface area contributed by atoms with E-state index in [9.17, 15) is 4.79 Å². The molecule has 4 nitrogen and oxygen atoms in total. The minimum Gasteiger partial charge on any atom is -0.371 e. The van der Waals surface area contributed by atoms with Gasteiger partial charge in [0.15, 0.2) is 0 Å². The Morgan fingerprint density at radius 2 is 2.14 bits per heavy atom. The third-order valence-electron chi connectivity index (χ3n) is 4.91. The van der Waals surface area contributed by atoms with E-state index in [2.05, 4.69) is 39.8 Å². The highest BCUT2D eigenvalue weighted by Gasteiger charge is 2.29. The summed E-state index contributed by atoms with van der Waals surface area (Å²) < 4.78 is 0. The molecule has 3 rings (SSSR count). The fourth-order valence-corrected chi connectivity index (χ4v) is 3.16. The van der Waals surface area contributed by atoms with Crippen LogP contribution in [0.4, 0.5) is 5.69 Å². The van der Waals surface area contributed by atoms with Gasteiger partial charge in [-0.2, -0.15) is 0 Å². The first kappa shape index (κ1) is 14.4. The number of carbonyl (C=O) groups is 1. The lowest BCUT2D eigenvalue weighted by Crippen LogP contribution is -2.50. The van der Waals surface area contributed by atoms with E-state index < -0.39 is 0 Å². The molecule has 1 aromatic rings. The van der Waals surface area contributed by atoms with E-state index in [1.165, 1.54) is 5.69 Å². The lowest BCUT2D eigenvalue weighted by molar-refractivity contribution is -0.126. The molecule has 0 saturated carbocycles. The van der Waals surface area contributed by atoms with E-state index in [1.807, 2.05) is 13.0 Å². The van der Waals surface area contributed by atoms with Crippen molar-refractivity contribution >= 4 is 11.6 Å². The zero-order valence-corrected chi connectivity index (χ0v) is 12.7. The predicted molar refractivity (Wildman–Crippen MR) is 85.3 cm³/mol. The maximum absolute atomic E-state index is 12.1. The number of benzene rings is 1. The van der Waals surface area contributed by atoms with Gasteiger partial charge < -0.3 is 15.5 Å². The second kappa shape index (κ2) is 6.48. The molecule has 2 aliphatic heterocycles. The number of anilines is 1. The van der Waals surface area contributed by atoms with Gasteiger partial charge in [-0.1, -0.05) is 25.1 Å². The van der Waals surface area contributed by atoms with E-state index >= 15 is 0 Å². The standard InChI is InChI=1S/C17H25N3O/c1-13(15-10-18-11-15)17(21)19-9-14-7-8-20(12-14)16-5-3-2-4-6-16/h2-6,13-15,18H,7-12H2,1H3,(H,19,21). The maximum atomic E-state index is 12.1.